The van der Waals surface area contributed by atoms with Crippen molar-refractivity contribution in [2.24, 2.45) is 0 Å². The topological polar surface area (TPSA) is 38.7 Å². The van der Waals surface area contributed by atoms with Crippen LogP contribution in [0, 0.1) is 0 Å². The molecule has 3 heteroatoms. The van der Waals surface area contributed by atoms with E-state index in [1.807, 2.05) is 48.5 Å². The van der Waals surface area contributed by atoms with Crippen LogP contribution in [0.25, 0.3) is 0 Å². The molecule has 0 spiro atoms. The van der Waals surface area contributed by atoms with Crippen LogP contribution in [0.5, 0.6) is 11.5 Å². The Balaban J connectivity index is 2.42. The SMILES string of the molecule is CCCOc1ccccc1C(C)(O)c1cccc(OC)c1. The fourth-order valence-electron chi connectivity index (χ4n) is 2.29. The van der Waals surface area contributed by atoms with Crippen LogP contribution in [-0.4, -0.2) is 18.8 Å². The van der Waals surface area contributed by atoms with Gasteiger partial charge in [-0.1, -0.05) is 37.3 Å². The molecule has 112 valence electrons. The summed E-state index contributed by atoms with van der Waals surface area (Å²) in [5.41, 5.74) is 0.389. The first-order valence-electron chi connectivity index (χ1n) is 7.18. The summed E-state index contributed by atoms with van der Waals surface area (Å²) in [6.45, 7) is 4.46. The molecule has 2 aromatic carbocycles. The molecule has 0 saturated heterocycles. The number of rotatable bonds is 6. The molecule has 0 saturated carbocycles. The second-order valence-electron chi connectivity index (χ2n) is 5.15. The Hall–Kier alpha value is -2.00. The Morgan fingerprint density at radius 2 is 1.86 bits per heavy atom. The van der Waals surface area contributed by atoms with E-state index in [1.54, 1.807) is 14.0 Å². The van der Waals surface area contributed by atoms with Gasteiger partial charge in [0.15, 0.2) is 0 Å². The minimum atomic E-state index is -1.14. The van der Waals surface area contributed by atoms with E-state index in [0.717, 1.165) is 23.3 Å². The smallest absolute Gasteiger partial charge is 0.125 e. The molecule has 0 fully saturated rings. The number of hydrogen-bond acceptors (Lipinski definition) is 3. The van der Waals surface area contributed by atoms with Crippen LogP contribution in [-0.2, 0) is 5.60 Å². The lowest BCUT2D eigenvalue weighted by Crippen LogP contribution is -2.24. The van der Waals surface area contributed by atoms with Crippen molar-refractivity contribution in [3.8, 4) is 11.5 Å². The molecule has 0 aliphatic heterocycles. The fraction of sp³-hybridized carbons (Fsp3) is 0.333. The molecule has 0 aliphatic rings. The van der Waals surface area contributed by atoms with Crippen LogP contribution in [0.4, 0.5) is 0 Å². The predicted octanol–water partition coefficient (Wildman–Crippen LogP) is 3.74. The number of para-hydroxylation sites is 1. The summed E-state index contributed by atoms with van der Waals surface area (Å²) >= 11 is 0. The average molecular weight is 286 g/mol. The zero-order valence-electron chi connectivity index (χ0n) is 12.8. The maximum atomic E-state index is 11.0. The third kappa shape index (κ3) is 3.37. The Morgan fingerprint density at radius 3 is 2.57 bits per heavy atom. The molecule has 21 heavy (non-hydrogen) atoms. The van der Waals surface area contributed by atoms with E-state index in [1.165, 1.54) is 0 Å². The normalized spacial score (nSPS) is 13.5. The van der Waals surface area contributed by atoms with Crippen molar-refractivity contribution in [1.29, 1.82) is 0 Å². The molecule has 1 atom stereocenters. The Bertz CT molecular complexity index is 591. The largest absolute Gasteiger partial charge is 0.497 e. The second kappa shape index (κ2) is 6.64. The van der Waals surface area contributed by atoms with Gasteiger partial charge in [0.1, 0.15) is 17.1 Å². The summed E-state index contributed by atoms with van der Waals surface area (Å²) in [5.74, 6) is 1.44. The lowest BCUT2D eigenvalue weighted by Gasteiger charge is -2.27. The second-order valence-corrected chi connectivity index (χ2v) is 5.15. The van der Waals surface area contributed by atoms with Crippen LogP contribution in [0.1, 0.15) is 31.4 Å². The minimum absolute atomic E-state index is 0.630. The third-order valence-electron chi connectivity index (χ3n) is 3.51. The molecule has 3 nitrogen and oxygen atoms in total. The lowest BCUT2D eigenvalue weighted by atomic mass is 9.87. The van der Waals surface area contributed by atoms with Crippen molar-refractivity contribution in [3.05, 3.63) is 59.7 Å². The molecule has 0 aromatic heterocycles. The first kappa shape index (κ1) is 15.4. The van der Waals surface area contributed by atoms with E-state index < -0.39 is 5.60 Å². The molecule has 0 aliphatic carbocycles. The van der Waals surface area contributed by atoms with Crippen LogP contribution < -0.4 is 9.47 Å². The number of benzene rings is 2. The summed E-state index contributed by atoms with van der Waals surface area (Å²) in [6, 6.07) is 15.1. The lowest BCUT2D eigenvalue weighted by molar-refractivity contribution is 0.0975. The molecule has 1 unspecified atom stereocenters. The Kier molecular flexibility index (Phi) is 4.86. The van der Waals surface area contributed by atoms with Gasteiger partial charge in [-0.25, -0.2) is 0 Å². The average Bonchev–Trinajstić information content (AvgIpc) is 2.53. The molecule has 2 aromatic rings. The van der Waals surface area contributed by atoms with Crippen LogP contribution >= 0.6 is 0 Å². The molecule has 2 rings (SSSR count). The number of hydrogen-bond donors (Lipinski definition) is 1. The highest BCUT2D eigenvalue weighted by Gasteiger charge is 2.29. The zero-order chi connectivity index (χ0) is 15.3. The summed E-state index contributed by atoms with van der Waals surface area (Å²) in [5, 5.41) is 11.0. The van der Waals surface area contributed by atoms with Crippen molar-refractivity contribution in [2.45, 2.75) is 25.9 Å². The van der Waals surface area contributed by atoms with Gasteiger partial charge in [0.05, 0.1) is 13.7 Å². The van der Waals surface area contributed by atoms with Gasteiger partial charge in [-0.15, -0.1) is 0 Å². The van der Waals surface area contributed by atoms with E-state index in [9.17, 15) is 5.11 Å². The van der Waals surface area contributed by atoms with Crippen molar-refractivity contribution in [3.63, 3.8) is 0 Å². The minimum Gasteiger partial charge on any atom is -0.497 e. The molecule has 0 radical (unpaired) electrons. The first-order chi connectivity index (χ1) is 10.1. The van der Waals surface area contributed by atoms with Gasteiger partial charge in [0, 0.05) is 5.56 Å². The van der Waals surface area contributed by atoms with E-state index in [-0.39, 0.29) is 0 Å². The van der Waals surface area contributed by atoms with Crippen LogP contribution in [0.2, 0.25) is 0 Å². The Labute approximate surface area is 126 Å². The van der Waals surface area contributed by atoms with E-state index in [4.69, 9.17) is 9.47 Å². The number of aliphatic hydroxyl groups is 1. The van der Waals surface area contributed by atoms with Gasteiger partial charge in [0.2, 0.25) is 0 Å². The van der Waals surface area contributed by atoms with Crippen LogP contribution in [0.3, 0.4) is 0 Å². The summed E-state index contributed by atoms with van der Waals surface area (Å²) in [4.78, 5) is 0. The van der Waals surface area contributed by atoms with E-state index in [0.29, 0.717) is 12.4 Å². The van der Waals surface area contributed by atoms with E-state index >= 15 is 0 Å². The highest BCUT2D eigenvalue weighted by Crippen LogP contribution is 2.36. The predicted molar refractivity (Wildman–Crippen MR) is 83.9 cm³/mol. The van der Waals surface area contributed by atoms with Gasteiger partial charge in [-0.2, -0.15) is 0 Å². The van der Waals surface area contributed by atoms with Crippen molar-refractivity contribution in [2.75, 3.05) is 13.7 Å². The van der Waals surface area contributed by atoms with Crippen molar-refractivity contribution < 1.29 is 14.6 Å². The zero-order valence-corrected chi connectivity index (χ0v) is 12.8. The standard InChI is InChI=1S/C18H22O3/c1-4-12-21-17-11-6-5-10-16(17)18(2,19)14-8-7-9-15(13-14)20-3/h5-11,13,19H,4,12H2,1-3H3. The summed E-state index contributed by atoms with van der Waals surface area (Å²) < 4.78 is 11.0. The van der Waals surface area contributed by atoms with Gasteiger partial charge < -0.3 is 14.6 Å². The number of ether oxygens (including phenoxy) is 2. The van der Waals surface area contributed by atoms with Gasteiger partial charge in [0.25, 0.3) is 0 Å². The van der Waals surface area contributed by atoms with Crippen LogP contribution in [0.15, 0.2) is 48.5 Å². The van der Waals surface area contributed by atoms with Crippen molar-refractivity contribution in [1.82, 2.24) is 0 Å². The molecular formula is C18H22O3. The summed E-state index contributed by atoms with van der Waals surface area (Å²) in [6.07, 6.45) is 0.926. The molecule has 0 bridgehead atoms. The maximum absolute atomic E-state index is 11.0. The molecule has 0 heterocycles. The highest BCUT2D eigenvalue weighted by atomic mass is 16.5. The molecule has 0 amide bonds. The van der Waals surface area contributed by atoms with Gasteiger partial charge in [-0.3, -0.25) is 0 Å². The van der Waals surface area contributed by atoms with Crippen molar-refractivity contribution >= 4 is 0 Å². The van der Waals surface area contributed by atoms with Gasteiger partial charge in [-0.05, 0) is 37.1 Å². The maximum Gasteiger partial charge on any atom is 0.125 e. The highest BCUT2D eigenvalue weighted by molar-refractivity contribution is 5.45. The molecule has 1 N–H and O–H groups in total. The monoisotopic (exact) mass is 286 g/mol. The molecular weight excluding hydrogens is 264 g/mol. The first-order valence-corrected chi connectivity index (χ1v) is 7.18. The number of methoxy groups -OCH3 is 1. The van der Waals surface area contributed by atoms with Gasteiger partial charge >= 0.3 is 0 Å². The van der Waals surface area contributed by atoms with E-state index in [2.05, 4.69) is 6.92 Å². The fourth-order valence-corrected chi connectivity index (χ4v) is 2.29. The third-order valence-corrected chi connectivity index (χ3v) is 3.51. The quantitative estimate of drug-likeness (QED) is 0.879. The summed E-state index contributed by atoms with van der Waals surface area (Å²) in [7, 11) is 1.62. The Morgan fingerprint density at radius 1 is 1.10 bits per heavy atom.